The number of carbonyl (C=O) groups is 1. The zero-order valence-electron chi connectivity index (χ0n) is 6.15. The Labute approximate surface area is 60.8 Å². The molecule has 10 heavy (non-hydrogen) atoms. The summed E-state index contributed by atoms with van der Waals surface area (Å²) in [4.78, 5) is 11.3. The quantitative estimate of drug-likeness (QED) is 0.497. The largest absolute Gasteiger partial charge is 0.299 e. The Morgan fingerprint density at radius 1 is 1.10 bits per heavy atom. The fourth-order valence-electron chi connectivity index (χ4n) is 3.55. The first-order valence-electron chi connectivity index (χ1n) is 4.33. The van der Waals surface area contributed by atoms with E-state index in [0.717, 1.165) is 6.42 Å². The molecule has 0 radical (unpaired) electrons. The monoisotopic (exact) mass is 136 g/mol. The van der Waals surface area contributed by atoms with Gasteiger partial charge >= 0.3 is 0 Å². The zero-order chi connectivity index (χ0) is 6.82. The Bertz CT molecular complexity index is 221. The number of hydrogen-bond donors (Lipinski definition) is 0. The second-order valence-electron chi connectivity index (χ2n) is 4.32. The molecule has 0 unspecified atom stereocenters. The molecule has 0 bridgehead atoms. The summed E-state index contributed by atoms with van der Waals surface area (Å²) >= 11 is 0. The van der Waals surface area contributed by atoms with Gasteiger partial charge in [-0.3, -0.25) is 4.79 Å². The van der Waals surface area contributed by atoms with Crippen LogP contribution in [-0.4, -0.2) is 5.78 Å². The highest BCUT2D eigenvalue weighted by molar-refractivity contribution is 5.95. The van der Waals surface area contributed by atoms with Crippen molar-refractivity contribution in [2.75, 3.05) is 0 Å². The standard InChI is InChI=1S/C9H12O/c10-7-6-8-2-1-3-9(7,8)5-4-8/h1-6H2/t8-,9+/m0/s1. The molecule has 1 heteroatoms. The van der Waals surface area contributed by atoms with Gasteiger partial charge in [-0.25, -0.2) is 0 Å². The van der Waals surface area contributed by atoms with Gasteiger partial charge in [0.1, 0.15) is 5.78 Å². The summed E-state index contributed by atoms with van der Waals surface area (Å²) in [6.07, 6.45) is 7.44. The fourth-order valence-corrected chi connectivity index (χ4v) is 3.55. The van der Waals surface area contributed by atoms with Crippen LogP contribution in [0.1, 0.15) is 38.5 Å². The highest BCUT2D eigenvalue weighted by Gasteiger charge is 2.72. The van der Waals surface area contributed by atoms with Crippen LogP contribution in [0.5, 0.6) is 0 Å². The van der Waals surface area contributed by atoms with Crippen LogP contribution in [0.4, 0.5) is 0 Å². The van der Waals surface area contributed by atoms with E-state index in [1.165, 1.54) is 32.1 Å². The summed E-state index contributed by atoms with van der Waals surface area (Å²) < 4.78 is 0. The van der Waals surface area contributed by atoms with E-state index in [9.17, 15) is 4.79 Å². The molecular weight excluding hydrogens is 124 g/mol. The van der Waals surface area contributed by atoms with Gasteiger partial charge in [0.15, 0.2) is 0 Å². The number of carbonyl (C=O) groups excluding carboxylic acids is 1. The van der Waals surface area contributed by atoms with E-state index in [1.807, 2.05) is 0 Å². The molecule has 3 aliphatic carbocycles. The zero-order valence-corrected chi connectivity index (χ0v) is 6.15. The molecule has 54 valence electrons. The van der Waals surface area contributed by atoms with Crippen molar-refractivity contribution in [2.45, 2.75) is 38.5 Å². The summed E-state index contributed by atoms with van der Waals surface area (Å²) in [6.45, 7) is 0. The van der Waals surface area contributed by atoms with Crippen LogP contribution in [0.15, 0.2) is 0 Å². The van der Waals surface area contributed by atoms with Crippen molar-refractivity contribution in [3.05, 3.63) is 0 Å². The Morgan fingerprint density at radius 3 is 2.40 bits per heavy atom. The molecule has 0 spiro atoms. The highest BCUT2D eigenvalue weighted by atomic mass is 16.1. The first kappa shape index (κ1) is 5.34. The first-order chi connectivity index (χ1) is 4.79. The predicted octanol–water partition coefficient (Wildman–Crippen LogP) is 1.91. The average Bonchev–Trinajstić information content (AvgIpc) is 2.16. The van der Waals surface area contributed by atoms with Gasteiger partial charge in [-0.2, -0.15) is 0 Å². The molecule has 0 aromatic carbocycles. The topological polar surface area (TPSA) is 17.1 Å². The van der Waals surface area contributed by atoms with Crippen LogP contribution in [0.25, 0.3) is 0 Å². The molecule has 0 aromatic rings. The lowest BCUT2D eigenvalue weighted by molar-refractivity contribution is -0.180. The molecule has 0 aliphatic heterocycles. The number of rotatable bonds is 0. The van der Waals surface area contributed by atoms with E-state index < -0.39 is 0 Å². The van der Waals surface area contributed by atoms with E-state index in [1.54, 1.807) is 0 Å². The average molecular weight is 136 g/mol. The van der Waals surface area contributed by atoms with E-state index in [-0.39, 0.29) is 5.41 Å². The Hall–Kier alpha value is -0.330. The Morgan fingerprint density at radius 2 is 2.00 bits per heavy atom. The first-order valence-corrected chi connectivity index (χ1v) is 4.33. The molecular formula is C9H12O. The molecule has 3 fully saturated rings. The van der Waals surface area contributed by atoms with Crippen molar-refractivity contribution < 1.29 is 4.79 Å². The van der Waals surface area contributed by atoms with Crippen LogP contribution >= 0.6 is 0 Å². The van der Waals surface area contributed by atoms with Crippen molar-refractivity contribution in [3.63, 3.8) is 0 Å². The van der Waals surface area contributed by atoms with Gasteiger partial charge in [-0.1, -0.05) is 6.42 Å². The number of hydrogen-bond acceptors (Lipinski definition) is 1. The maximum Gasteiger partial charge on any atom is 0.140 e. The maximum atomic E-state index is 11.3. The van der Waals surface area contributed by atoms with Crippen molar-refractivity contribution in [1.29, 1.82) is 0 Å². The SMILES string of the molecule is O=C1C[C@@]23CCC[C@@]12CC3. The molecule has 3 aliphatic rings. The molecule has 0 heterocycles. The summed E-state index contributed by atoms with van der Waals surface area (Å²) in [5.41, 5.74) is 0.844. The van der Waals surface area contributed by atoms with E-state index in [2.05, 4.69) is 0 Å². The molecule has 2 atom stereocenters. The number of Topliss-reactive ketones (excluding diaryl/α,β-unsaturated/α-hetero) is 1. The molecule has 0 amide bonds. The molecule has 0 N–H and O–H groups in total. The van der Waals surface area contributed by atoms with Gasteiger partial charge < -0.3 is 0 Å². The van der Waals surface area contributed by atoms with Crippen LogP contribution in [-0.2, 0) is 4.79 Å². The van der Waals surface area contributed by atoms with Gasteiger partial charge in [0.2, 0.25) is 0 Å². The smallest absolute Gasteiger partial charge is 0.140 e. The minimum atomic E-state index is 0.271. The molecule has 0 saturated heterocycles. The molecule has 3 rings (SSSR count). The minimum absolute atomic E-state index is 0.271. The van der Waals surface area contributed by atoms with Gasteiger partial charge in [0.25, 0.3) is 0 Å². The molecule has 0 aromatic heterocycles. The lowest BCUT2D eigenvalue weighted by Crippen LogP contribution is -2.62. The normalized spacial score (nSPS) is 56.6. The summed E-state index contributed by atoms with van der Waals surface area (Å²) in [5.74, 6) is 0.594. The third-order valence-electron chi connectivity index (χ3n) is 4.34. The van der Waals surface area contributed by atoms with Crippen LogP contribution in [0.3, 0.4) is 0 Å². The van der Waals surface area contributed by atoms with Crippen molar-refractivity contribution in [3.8, 4) is 0 Å². The lowest BCUT2D eigenvalue weighted by atomic mass is 9.39. The summed E-state index contributed by atoms with van der Waals surface area (Å²) in [5, 5.41) is 0. The van der Waals surface area contributed by atoms with Crippen molar-refractivity contribution in [2.24, 2.45) is 10.8 Å². The maximum absolute atomic E-state index is 11.3. The third-order valence-corrected chi connectivity index (χ3v) is 4.34. The number of ketones is 1. The Kier molecular flexibility index (Phi) is 0.637. The van der Waals surface area contributed by atoms with Crippen molar-refractivity contribution in [1.82, 2.24) is 0 Å². The minimum Gasteiger partial charge on any atom is -0.299 e. The van der Waals surface area contributed by atoms with Crippen LogP contribution < -0.4 is 0 Å². The second-order valence-corrected chi connectivity index (χ2v) is 4.32. The lowest BCUT2D eigenvalue weighted by Gasteiger charge is -2.63. The van der Waals surface area contributed by atoms with E-state index >= 15 is 0 Å². The van der Waals surface area contributed by atoms with Crippen molar-refractivity contribution >= 4 is 5.78 Å². The van der Waals surface area contributed by atoms with Gasteiger partial charge in [-0.15, -0.1) is 0 Å². The van der Waals surface area contributed by atoms with E-state index in [0.29, 0.717) is 11.2 Å². The van der Waals surface area contributed by atoms with Crippen LogP contribution in [0, 0.1) is 10.8 Å². The highest BCUT2D eigenvalue weighted by Crippen LogP contribution is 2.75. The molecule has 1 nitrogen and oxygen atoms in total. The summed E-state index contributed by atoms with van der Waals surface area (Å²) in [6, 6.07) is 0. The van der Waals surface area contributed by atoms with Gasteiger partial charge in [0.05, 0.1) is 0 Å². The molecule has 3 saturated carbocycles. The fraction of sp³-hybridized carbons (Fsp3) is 0.889. The van der Waals surface area contributed by atoms with Gasteiger partial charge in [-0.05, 0) is 31.1 Å². The van der Waals surface area contributed by atoms with Gasteiger partial charge in [0, 0.05) is 11.8 Å². The third kappa shape index (κ3) is 0.284. The van der Waals surface area contributed by atoms with Crippen LogP contribution in [0.2, 0.25) is 0 Å². The van der Waals surface area contributed by atoms with E-state index in [4.69, 9.17) is 0 Å². The Balaban J connectivity index is 2.09. The summed E-state index contributed by atoms with van der Waals surface area (Å²) in [7, 11) is 0. The predicted molar refractivity (Wildman–Crippen MR) is 37.6 cm³/mol. The second kappa shape index (κ2) is 1.19.